The third-order valence-electron chi connectivity index (χ3n) is 5.31. The van der Waals surface area contributed by atoms with Crippen molar-refractivity contribution in [3.8, 4) is 0 Å². The second-order valence-corrected chi connectivity index (χ2v) is 8.44. The van der Waals surface area contributed by atoms with Crippen molar-refractivity contribution >= 4 is 40.4 Å². The second-order valence-electron chi connectivity index (χ2n) is 6.97. The first-order valence-corrected chi connectivity index (χ1v) is 10.5. The number of hydrogen-bond acceptors (Lipinski definition) is 5. The fourth-order valence-electron chi connectivity index (χ4n) is 3.78. The highest BCUT2D eigenvalue weighted by Gasteiger charge is 2.43. The van der Waals surface area contributed by atoms with Crippen molar-refractivity contribution in [2.24, 2.45) is 0 Å². The maximum absolute atomic E-state index is 12.9. The fourth-order valence-corrected chi connectivity index (χ4v) is 4.61. The van der Waals surface area contributed by atoms with Crippen LogP contribution in [0.2, 0.25) is 5.02 Å². The Bertz CT molecular complexity index is 801. The molecule has 4 rings (SSSR count). The van der Waals surface area contributed by atoms with E-state index in [2.05, 4.69) is 27.3 Å². The average Bonchev–Trinajstić information content (AvgIpc) is 3.30. The number of rotatable bonds is 5. The molecular weight excluding hydrogens is 382 g/mol. The van der Waals surface area contributed by atoms with Crippen LogP contribution in [0.15, 0.2) is 41.8 Å². The Labute approximate surface area is 168 Å². The van der Waals surface area contributed by atoms with E-state index in [1.807, 2.05) is 0 Å². The monoisotopic (exact) mass is 403 g/mol. The van der Waals surface area contributed by atoms with Gasteiger partial charge in [-0.1, -0.05) is 17.7 Å². The van der Waals surface area contributed by atoms with Crippen LogP contribution in [0.25, 0.3) is 0 Å². The molecule has 0 aliphatic carbocycles. The van der Waals surface area contributed by atoms with Crippen LogP contribution in [0.3, 0.4) is 0 Å². The minimum atomic E-state index is -0.340. The van der Waals surface area contributed by atoms with Crippen LogP contribution in [-0.2, 0) is 16.0 Å². The number of piperazine rings is 1. The lowest BCUT2D eigenvalue weighted by Crippen LogP contribution is -2.52. The first-order chi connectivity index (χ1) is 13.1. The molecule has 0 unspecified atom stereocenters. The van der Waals surface area contributed by atoms with Crippen molar-refractivity contribution in [1.82, 2.24) is 9.80 Å². The van der Waals surface area contributed by atoms with Gasteiger partial charge < -0.3 is 4.90 Å². The summed E-state index contributed by atoms with van der Waals surface area (Å²) in [6.45, 7) is 4.56. The molecule has 2 fully saturated rings. The van der Waals surface area contributed by atoms with Gasteiger partial charge in [-0.25, -0.2) is 4.90 Å². The van der Waals surface area contributed by atoms with Gasteiger partial charge in [0, 0.05) is 42.6 Å². The van der Waals surface area contributed by atoms with E-state index in [9.17, 15) is 9.59 Å². The summed E-state index contributed by atoms with van der Waals surface area (Å²) in [5, 5.41) is 2.70. The predicted molar refractivity (Wildman–Crippen MR) is 108 cm³/mol. The summed E-state index contributed by atoms with van der Waals surface area (Å²) in [5.74, 6) is -0.248. The SMILES string of the molecule is O=C1C[C@H](N2CCN(CCc3cccs3)CC2)C(=O)N1c1ccc(Cl)cc1. The Hall–Kier alpha value is -1.73. The number of nitrogens with zero attached hydrogens (tertiary/aromatic N) is 3. The highest BCUT2D eigenvalue weighted by Crippen LogP contribution is 2.27. The van der Waals surface area contributed by atoms with E-state index in [-0.39, 0.29) is 24.3 Å². The normalized spacial score (nSPS) is 22.0. The van der Waals surface area contributed by atoms with Crippen LogP contribution in [0, 0.1) is 0 Å². The number of carbonyl (C=O) groups is 2. The lowest BCUT2D eigenvalue weighted by Gasteiger charge is -2.37. The molecule has 2 saturated heterocycles. The van der Waals surface area contributed by atoms with Crippen LogP contribution in [0.4, 0.5) is 5.69 Å². The Morgan fingerprint density at radius 3 is 2.44 bits per heavy atom. The van der Waals surface area contributed by atoms with Gasteiger partial charge in [-0.3, -0.25) is 14.5 Å². The van der Waals surface area contributed by atoms with Crippen molar-refractivity contribution < 1.29 is 9.59 Å². The van der Waals surface area contributed by atoms with Gasteiger partial charge >= 0.3 is 0 Å². The molecule has 1 atom stereocenters. The zero-order valence-corrected chi connectivity index (χ0v) is 16.6. The second kappa shape index (κ2) is 8.10. The quantitative estimate of drug-likeness (QED) is 0.720. The molecular formula is C20H22ClN3O2S. The van der Waals surface area contributed by atoms with E-state index in [1.165, 1.54) is 9.78 Å². The van der Waals surface area contributed by atoms with Gasteiger partial charge in [-0.05, 0) is 42.1 Å². The first-order valence-electron chi connectivity index (χ1n) is 9.23. The molecule has 2 aliphatic heterocycles. The number of benzene rings is 1. The van der Waals surface area contributed by atoms with Crippen molar-refractivity contribution in [3.05, 3.63) is 51.7 Å². The van der Waals surface area contributed by atoms with Crippen LogP contribution in [0.1, 0.15) is 11.3 Å². The molecule has 2 amide bonds. The smallest absolute Gasteiger partial charge is 0.251 e. The zero-order chi connectivity index (χ0) is 18.8. The lowest BCUT2D eigenvalue weighted by atomic mass is 10.1. The molecule has 3 heterocycles. The van der Waals surface area contributed by atoms with Crippen molar-refractivity contribution in [2.75, 3.05) is 37.6 Å². The number of carbonyl (C=O) groups excluding carboxylic acids is 2. The number of halogens is 1. The first kappa shape index (κ1) is 18.6. The average molecular weight is 404 g/mol. The molecule has 0 radical (unpaired) electrons. The highest BCUT2D eigenvalue weighted by atomic mass is 35.5. The predicted octanol–water partition coefficient (Wildman–Crippen LogP) is 2.89. The Kier molecular flexibility index (Phi) is 5.59. The standard InChI is InChI=1S/C20H22ClN3O2S/c21-15-3-5-16(6-4-15)24-19(25)14-18(20(24)26)23-11-9-22(10-12-23)8-7-17-2-1-13-27-17/h1-6,13,18H,7-12,14H2/t18-/m0/s1. The maximum Gasteiger partial charge on any atom is 0.251 e. The van der Waals surface area contributed by atoms with E-state index >= 15 is 0 Å². The van der Waals surface area contributed by atoms with Crippen molar-refractivity contribution in [2.45, 2.75) is 18.9 Å². The summed E-state index contributed by atoms with van der Waals surface area (Å²) in [5.41, 5.74) is 0.603. The van der Waals surface area contributed by atoms with E-state index in [0.29, 0.717) is 10.7 Å². The topological polar surface area (TPSA) is 43.9 Å². The van der Waals surface area contributed by atoms with Gasteiger partial charge in [-0.15, -0.1) is 11.3 Å². The minimum absolute atomic E-state index is 0.116. The minimum Gasteiger partial charge on any atom is -0.300 e. The number of thiophene rings is 1. The van der Waals surface area contributed by atoms with Crippen molar-refractivity contribution in [1.29, 1.82) is 0 Å². The van der Waals surface area contributed by atoms with Gasteiger partial charge in [-0.2, -0.15) is 0 Å². The summed E-state index contributed by atoms with van der Waals surface area (Å²) >= 11 is 7.71. The maximum atomic E-state index is 12.9. The van der Waals surface area contributed by atoms with Crippen LogP contribution >= 0.6 is 22.9 Å². The van der Waals surface area contributed by atoms with E-state index in [4.69, 9.17) is 11.6 Å². The summed E-state index contributed by atoms with van der Waals surface area (Å²) in [4.78, 5) is 32.7. The van der Waals surface area contributed by atoms with E-state index < -0.39 is 0 Å². The Morgan fingerprint density at radius 2 is 1.78 bits per heavy atom. The van der Waals surface area contributed by atoms with E-state index in [0.717, 1.165) is 39.1 Å². The summed E-state index contributed by atoms with van der Waals surface area (Å²) in [7, 11) is 0. The number of anilines is 1. The van der Waals surface area contributed by atoms with Gasteiger partial charge in [0.25, 0.3) is 5.91 Å². The lowest BCUT2D eigenvalue weighted by molar-refractivity contribution is -0.123. The Balaban J connectivity index is 1.34. The molecule has 27 heavy (non-hydrogen) atoms. The van der Waals surface area contributed by atoms with Crippen LogP contribution in [-0.4, -0.2) is 60.4 Å². The molecule has 142 valence electrons. The van der Waals surface area contributed by atoms with Crippen molar-refractivity contribution in [3.63, 3.8) is 0 Å². The van der Waals surface area contributed by atoms with Gasteiger partial charge in [0.05, 0.1) is 18.2 Å². The molecule has 0 saturated carbocycles. The molecule has 7 heteroatoms. The molecule has 2 aliphatic rings. The molecule has 1 aromatic carbocycles. The molecule has 0 N–H and O–H groups in total. The van der Waals surface area contributed by atoms with Crippen LogP contribution < -0.4 is 4.90 Å². The molecule has 1 aromatic heterocycles. The molecule has 5 nitrogen and oxygen atoms in total. The molecule has 0 bridgehead atoms. The summed E-state index contributed by atoms with van der Waals surface area (Å²) < 4.78 is 0. The van der Waals surface area contributed by atoms with E-state index in [1.54, 1.807) is 35.6 Å². The fraction of sp³-hybridized carbons (Fsp3) is 0.400. The number of imide groups is 1. The number of amides is 2. The number of hydrogen-bond donors (Lipinski definition) is 0. The largest absolute Gasteiger partial charge is 0.300 e. The van der Waals surface area contributed by atoms with Gasteiger partial charge in [0.2, 0.25) is 5.91 Å². The molecule has 2 aromatic rings. The zero-order valence-electron chi connectivity index (χ0n) is 15.0. The highest BCUT2D eigenvalue weighted by molar-refractivity contribution is 7.09. The van der Waals surface area contributed by atoms with Gasteiger partial charge in [0.15, 0.2) is 0 Å². The van der Waals surface area contributed by atoms with Gasteiger partial charge in [0.1, 0.15) is 0 Å². The third kappa shape index (κ3) is 4.09. The van der Waals surface area contributed by atoms with Crippen LogP contribution in [0.5, 0.6) is 0 Å². The molecule has 0 spiro atoms. The Morgan fingerprint density at radius 1 is 1.04 bits per heavy atom. The summed E-state index contributed by atoms with van der Waals surface area (Å²) in [6.07, 6.45) is 1.33. The third-order valence-corrected chi connectivity index (χ3v) is 6.50. The summed E-state index contributed by atoms with van der Waals surface area (Å²) in [6, 6.07) is 10.8.